The van der Waals surface area contributed by atoms with Crippen molar-refractivity contribution < 1.29 is 5.11 Å². The molecule has 1 unspecified atom stereocenters. The van der Waals surface area contributed by atoms with Gasteiger partial charge in [-0.2, -0.15) is 0 Å². The van der Waals surface area contributed by atoms with Crippen molar-refractivity contribution in [2.75, 3.05) is 0 Å². The fourth-order valence-electron chi connectivity index (χ4n) is 2.18. The number of nitrogens with zero attached hydrogens (tertiary/aromatic N) is 2. The minimum atomic E-state index is -0.519. The Kier molecular flexibility index (Phi) is 3.20. The van der Waals surface area contributed by atoms with Crippen LogP contribution in [0.2, 0.25) is 0 Å². The van der Waals surface area contributed by atoms with E-state index in [2.05, 4.69) is 42.5 Å². The molecule has 17 heavy (non-hydrogen) atoms. The van der Waals surface area contributed by atoms with Crippen LogP contribution >= 0.6 is 0 Å². The average molecular weight is 232 g/mol. The second-order valence-corrected chi connectivity index (χ2v) is 4.72. The minimum Gasteiger partial charge on any atom is -0.385 e. The third kappa shape index (κ3) is 2.07. The highest BCUT2D eigenvalue weighted by molar-refractivity contribution is 5.78. The molecule has 0 aliphatic carbocycles. The summed E-state index contributed by atoms with van der Waals surface area (Å²) in [5, 5.41) is 9.79. The van der Waals surface area contributed by atoms with Crippen LogP contribution in [0, 0.1) is 13.8 Å². The first-order chi connectivity index (χ1) is 8.04. The maximum Gasteiger partial charge on any atom is 0.138 e. The molecule has 1 atom stereocenters. The summed E-state index contributed by atoms with van der Waals surface area (Å²) < 4.78 is 2.13. The molecule has 2 rings (SSSR count). The quantitative estimate of drug-likeness (QED) is 0.883. The van der Waals surface area contributed by atoms with Gasteiger partial charge in [-0.05, 0) is 50.5 Å². The fourth-order valence-corrected chi connectivity index (χ4v) is 2.18. The second-order valence-electron chi connectivity index (χ2n) is 4.72. The smallest absolute Gasteiger partial charge is 0.138 e. The van der Waals surface area contributed by atoms with Gasteiger partial charge in [0, 0.05) is 6.54 Å². The standard InChI is InChI=1S/C14H20N2O/c1-5-6-16-13-8-10(3)9(2)7-12(13)15-14(16)11(4)17/h7-8,11,17H,5-6H2,1-4H3. The monoisotopic (exact) mass is 232 g/mol. The summed E-state index contributed by atoms with van der Waals surface area (Å²) >= 11 is 0. The largest absolute Gasteiger partial charge is 0.385 e. The van der Waals surface area contributed by atoms with Crippen LogP contribution in [-0.2, 0) is 6.54 Å². The third-order valence-corrected chi connectivity index (χ3v) is 3.21. The van der Waals surface area contributed by atoms with Crippen LogP contribution in [0.15, 0.2) is 12.1 Å². The van der Waals surface area contributed by atoms with Crippen molar-refractivity contribution in [1.29, 1.82) is 0 Å². The molecular formula is C14H20N2O. The summed E-state index contributed by atoms with van der Waals surface area (Å²) in [6.07, 6.45) is 0.521. The van der Waals surface area contributed by atoms with Gasteiger partial charge in [0.2, 0.25) is 0 Å². The van der Waals surface area contributed by atoms with Crippen LogP contribution in [0.5, 0.6) is 0 Å². The Morgan fingerprint density at radius 1 is 1.29 bits per heavy atom. The van der Waals surface area contributed by atoms with Crippen molar-refractivity contribution in [1.82, 2.24) is 9.55 Å². The van der Waals surface area contributed by atoms with Gasteiger partial charge < -0.3 is 9.67 Å². The highest BCUT2D eigenvalue weighted by Crippen LogP contribution is 2.24. The molecule has 0 bridgehead atoms. The number of imidazole rings is 1. The molecule has 0 saturated heterocycles. The molecule has 1 N–H and O–H groups in total. The molecule has 1 aromatic carbocycles. The second kappa shape index (κ2) is 4.49. The van der Waals surface area contributed by atoms with Crippen LogP contribution in [0.25, 0.3) is 11.0 Å². The maximum atomic E-state index is 9.79. The lowest BCUT2D eigenvalue weighted by atomic mass is 10.1. The van der Waals surface area contributed by atoms with Gasteiger partial charge in [-0.25, -0.2) is 4.98 Å². The van der Waals surface area contributed by atoms with Crippen LogP contribution < -0.4 is 0 Å². The number of aliphatic hydroxyl groups excluding tert-OH is 1. The van der Waals surface area contributed by atoms with E-state index < -0.39 is 6.10 Å². The molecule has 1 heterocycles. The predicted octanol–water partition coefficient (Wildman–Crippen LogP) is 3.12. The van der Waals surface area contributed by atoms with Crippen molar-refractivity contribution in [3.8, 4) is 0 Å². The van der Waals surface area contributed by atoms with E-state index in [4.69, 9.17) is 0 Å². The van der Waals surface area contributed by atoms with Gasteiger partial charge in [-0.3, -0.25) is 0 Å². The zero-order chi connectivity index (χ0) is 12.6. The highest BCUT2D eigenvalue weighted by atomic mass is 16.3. The molecule has 3 heteroatoms. The number of fused-ring (bicyclic) bond motifs is 1. The molecule has 2 aromatic rings. The number of hydrogen-bond acceptors (Lipinski definition) is 2. The first-order valence-electron chi connectivity index (χ1n) is 6.20. The molecular weight excluding hydrogens is 212 g/mol. The summed E-state index contributed by atoms with van der Waals surface area (Å²) in [6, 6.07) is 4.27. The zero-order valence-electron chi connectivity index (χ0n) is 11.0. The van der Waals surface area contributed by atoms with Crippen molar-refractivity contribution in [3.05, 3.63) is 29.1 Å². The Hall–Kier alpha value is -1.35. The number of benzene rings is 1. The molecule has 0 fully saturated rings. The number of aliphatic hydroxyl groups is 1. The van der Waals surface area contributed by atoms with Gasteiger partial charge in [0.05, 0.1) is 11.0 Å². The lowest BCUT2D eigenvalue weighted by Crippen LogP contribution is -2.06. The lowest BCUT2D eigenvalue weighted by molar-refractivity contribution is 0.184. The Morgan fingerprint density at radius 2 is 1.94 bits per heavy atom. The summed E-state index contributed by atoms with van der Waals surface area (Å²) in [7, 11) is 0. The lowest BCUT2D eigenvalue weighted by Gasteiger charge is -2.09. The van der Waals surface area contributed by atoms with Gasteiger partial charge >= 0.3 is 0 Å². The van der Waals surface area contributed by atoms with Crippen LogP contribution in [0.4, 0.5) is 0 Å². The Labute approximate surface area is 102 Å². The average Bonchev–Trinajstić information content (AvgIpc) is 2.59. The number of aromatic nitrogens is 2. The molecule has 0 saturated carbocycles. The highest BCUT2D eigenvalue weighted by Gasteiger charge is 2.14. The summed E-state index contributed by atoms with van der Waals surface area (Å²) in [6.45, 7) is 9.01. The molecule has 0 aliphatic heterocycles. The van der Waals surface area contributed by atoms with E-state index in [1.165, 1.54) is 11.1 Å². The Balaban J connectivity index is 2.71. The summed E-state index contributed by atoms with van der Waals surface area (Å²) in [5.41, 5.74) is 4.63. The van der Waals surface area contributed by atoms with Crippen LogP contribution in [0.3, 0.4) is 0 Å². The van der Waals surface area contributed by atoms with Gasteiger partial charge in [-0.1, -0.05) is 6.92 Å². The van der Waals surface area contributed by atoms with Crippen molar-refractivity contribution in [2.45, 2.75) is 46.8 Å². The van der Waals surface area contributed by atoms with Crippen molar-refractivity contribution in [3.63, 3.8) is 0 Å². The minimum absolute atomic E-state index is 0.519. The van der Waals surface area contributed by atoms with Gasteiger partial charge in [0.15, 0.2) is 0 Å². The van der Waals surface area contributed by atoms with Crippen LogP contribution in [-0.4, -0.2) is 14.7 Å². The molecule has 0 amide bonds. The van der Waals surface area contributed by atoms with E-state index in [1.807, 2.05) is 0 Å². The van der Waals surface area contributed by atoms with E-state index in [0.717, 1.165) is 29.8 Å². The van der Waals surface area contributed by atoms with Gasteiger partial charge in [0.25, 0.3) is 0 Å². The first kappa shape index (κ1) is 12.1. The van der Waals surface area contributed by atoms with Gasteiger partial charge in [-0.15, -0.1) is 0 Å². The van der Waals surface area contributed by atoms with Crippen molar-refractivity contribution >= 4 is 11.0 Å². The topological polar surface area (TPSA) is 38.0 Å². The van der Waals surface area contributed by atoms with E-state index in [-0.39, 0.29) is 0 Å². The third-order valence-electron chi connectivity index (χ3n) is 3.21. The van der Waals surface area contributed by atoms with Gasteiger partial charge in [0.1, 0.15) is 11.9 Å². The predicted molar refractivity (Wildman–Crippen MR) is 70.1 cm³/mol. The Bertz CT molecular complexity index is 541. The van der Waals surface area contributed by atoms with E-state index in [1.54, 1.807) is 6.92 Å². The van der Waals surface area contributed by atoms with E-state index in [0.29, 0.717) is 0 Å². The number of rotatable bonds is 3. The maximum absolute atomic E-state index is 9.79. The molecule has 1 aromatic heterocycles. The Morgan fingerprint density at radius 3 is 2.53 bits per heavy atom. The summed E-state index contributed by atoms with van der Waals surface area (Å²) in [4.78, 5) is 4.55. The molecule has 0 radical (unpaired) electrons. The normalized spacial score (nSPS) is 13.2. The number of hydrogen-bond donors (Lipinski definition) is 1. The molecule has 0 spiro atoms. The number of aryl methyl sites for hydroxylation is 3. The summed E-state index contributed by atoms with van der Waals surface area (Å²) in [5.74, 6) is 0.770. The zero-order valence-corrected chi connectivity index (χ0v) is 11.0. The molecule has 0 aliphatic rings. The van der Waals surface area contributed by atoms with Crippen LogP contribution in [0.1, 0.15) is 43.3 Å². The SMILES string of the molecule is CCCn1c(C(C)O)nc2cc(C)c(C)cc21. The van der Waals surface area contributed by atoms with Crippen molar-refractivity contribution in [2.24, 2.45) is 0 Å². The van der Waals surface area contributed by atoms with E-state index in [9.17, 15) is 5.11 Å². The van der Waals surface area contributed by atoms with E-state index >= 15 is 0 Å². The molecule has 3 nitrogen and oxygen atoms in total. The molecule has 92 valence electrons. The first-order valence-corrected chi connectivity index (χ1v) is 6.20. The fraction of sp³-hybridized carbons (Fsp3) is 0.500.